The number of thioether (sulfide) groups is 1. The molecule has 0 aromatic heterocycles. The Hall–Kier alpha value is -0.990. The summed E-state index contributed by atoms with van der Waals surface area (Å²) in [5, 5.41) is 28.8. The third kappa shape index (κ3) is 9.01. The number of carboxylic acid groups (broad SMARTS) is 1. The lowest BCUT2D eigenvalue weighted by atomic mass is 10.0. The lowest BCUT2D eigenvalue weighted by molar-refractivity contribution is -0.137. The monoisotopic (exact) mass is 424 g/mol. The maximum Gasteiger partial charge on any atom is 0.413 e. The Balaban J connectivity index is 2.71. The fraction of sp³-hybridized carbons (Fsp3) is 0.750. The van der Waals surface area contributed by atoms with Crippen LogP contribution in [0.15, 0.2) is 22.6 Å². The molecule has 0 amide bonds. The number of hydrogen-bond donors (Lipinski definition) is 3. The Bertz CT molecular complexity index is 546. The Morgan fingerprint density at radius 3 is 2.57 bits per heavy atom. The molecule has 1 aliphatic carbocycles. The van der Waals surface area contributed by atoms with Crippen molar-refractivity contribution >= 4 is 17.7 Å². The van der Waals surface area contributed by atoms with Crippen LogP contribution in [0, 0.1) is 5.92 Å². The number of unbranched alkanes of at least 4 members (excludes halogenated alkanes) is 4. The molecule has 0 spiro atoms. The molecule has 0 heterocycles. The van der Waals surface area contributed by atoms with Gasteiger partial charge in [0.15, 0.2) is 0 Å². The number of aliphatic hydroxyl groups is 2. The van der Waals surface area contributed by atoms with Gasteiger partial charge in [0, 0.05) is 29.2 Å². The second kappa shape index (κ2) is 12.5. The maximum absolute atomic E-state index is 13.4. The highest BCUT2D eigenvalue weighted by Gasteiger charge is 2.45. The molecule has 0 saturated heterocycles. The molecule has 0 bridgehead atoms. The van der Waals surface area contributed by atoms with Crippen LogP contribution in [0.25, 0.3) is 0 Å². The van der Waals surface area contributed by atoms with Crippen molar-refractivity contribution in [1.82, 2.24) is 0 Å². The van der Waals surface area contributed by atoms with Gasteiger partial charge in [-0.05, 0) is 25.0 Å². The lowest BCUT2D eigenvalue weighted by Gasteiger charge is -2.16. The van der Waals surface area contributed by atoms with E-state index < -0.39 is 42.3 Å². The van der Waals surface area contributed by atoms with Crippen molar-refractivity contribution in [3.8, 4) is 0 Å². The van der Waals surface area contributed by atoms with Crippen LogP contribution >= 0.6 is 11.8 Å². The van der Waals surface area contributed by atoms with Crippen LogP contribution in [-0.2, 0) is 4.79 Å². The van der Waals surface area contributed by atoms with Gasteiger partial charge in [-0.2, -0.15) is 13.2 Å². The molecular formula is C20H31F3O4S. The average molecular weight is 425 g/mol. The molecule has 3 atom stereocenters. The zero-order valence-electron chi connectivity index (χ0n) is 16.2. The molecule has 0 fully saturated rings. The van der Waals surface area contributed by atoms with E-state index >= 15 is 0 Å². The highest BCUT2D eigenvalue weighted by Crippen LogP contribution is 2.47. The summed E-state index contributed by atoms with van der Waals surface area (Å²) in [7, 11) is 0. The zero-order chi connectivity index (χ0) is 21.2. The second-order valence-electron chi connectivity index (χ2n) is 7.14. The summed E-state index contributed by atoms with van der Waals surface area (Å²) in [4.78, 5) is 10.6. The van der Waals surface area contributed by atoms with Gasteiger partial charge in [-0.25, -0.2) is 0 Å². The van der Waals surface area contributed by atoms with Crippen molar-refractivity contribution in [3.05, 3.63) is 22.6 Å². The Labute approximate surface area is 168 Å². The molecule has 0 aliphatic heterocycles. The van der Waals surface area contributed by atoms with Gasteiger partial charge in [0.05, 0.1) is 12.2 Å². The SMILES string of the molecule is CCCCC[C@H](O)C=C[C@@H]1C(SCCCCCC(=O)O)=C(C(F)(F)F)C[C@H]1O. The molecule has 0 radical (unpaired) electrons. The Morgan fingerprint density at radius 2 is 1.96 bits per heavy atom. The van der Waals surface area contributed by atoms with Crippen LogP contribution in [0.1, 0.15) is 64.7 Å². The molecule has 28 heavy (non-hydrogen) atoms. The van der Waals surface area contributed by atoms with Gasteiger partial charge in [-0.1, -0.05) is 44.8 Å². The second-order valence-corrected chi connectivity index (χ2v) is 8.28. The first-order chi connectivity index (χ1) is 13.2. The van der Waals surface area contributed by atoms with E-state index in [2.05, 4.69) is 0 Å². The zero-order valence-corrected chi connectivity index (χ0v) is 17.1. The normalized spacial score (nSPS) is 21.6. The predicted molar refractivity (Wildman–Crippen MR) is 105 cm³/mol. The summed E-state index contributed by atoms with van der Waals surface area (Å²) in [5.41, 5.74) is -0.689. The summed E-state index contributed by atoms with van der Waals surface area (Å²) in [6, 6.07) is 0. The van der Waals surface area contributed by atoms with Crippen molar-refractivity contribution in [2.24, 2.45) is 5.92 Å². The number of hydrogen-bond acceptors (Lipinski definition) is 4. The molecule has 8 heteroatoms. The molecule has 4 nitrogen and oxygen atoms in total. The molecule has 1 aliphatic rings. The number of carboxylic acids is 1. The number of rotatable bonds is 13. The number of aliphatic hydroxyl groups excluding tert-OH is 2. The minimum absolute atomic E-state index is 0.0567. The van der Waals surface area contributed by atoms with E-state index in [4.69, 9.17) is 5.11 Å². The molecule has 0 aromatic carbocycles. The number of carbonyl (C=O) groups is 1. The predicted octanol–water partition coefficient (Wildman–Crippen LogP) is 5.06. The number of aliphatic carboxylic acids is 1. The molecule has 1 rings (SSSR count). The first-order valence-corrected chi connectivity index (χ1v) is 10.8. The van der Waals surface area contributed by atoms with Gasteiger partial charge in [0.2, 0.25) is 0 Å². The first kappa shape index (κ1) is 25.0. The fourth-order valence-electron chi connectivity index (χ4n) is 3.15. The topological polar surface area (TPSA) is 77.8 Å². The minimum Gasteiger partial charge on any atom is -0.481 e. The van der Waals surface area contributed by atoms with E-state index in [1.54, 1.807) is 0 Å². The summed E-state index contributed by atoms with van der Waals surface area (Å²) in [5.74, 6) is -1.21. The van der Waals surface area contributed by atoms with Crippen LogP contribution in [0.5, 0.6) is 0 Å². The standard InChI is InChI=1S/C20H31F3O4S/c1-2-3-5-8-14(24)10-11-15-17(25)13-16(20(21,22)23)19(15)28-12-7-4-6-9-18(26)27/h10-11,14-15,17,24-25H,2-9,12-13H2,1H3,(H,26,27)/t14-,15-,17+/m0/s1. The summed E-state index contributed by atoms with van der Waals surface area (Å²) in [6.07, 6.45) is 1.39. The van der Waals surface area contributed by atoms with Crippen LogP contribution in [0.2, 0.25) is 0 Å². The minimum atomic E-state index is -4.49. The van der Waals surface area contributed by atoms with E-state index in [9.17, 15) is 28.2 Å². The van der Waals surface area contributed by atoms with Gasteiger partial charge in [0.25, 0.3) is 0 Å². The molecule has 0 aromatic rings. The highest BCUT2D eigenvalue weighted by atomic mass is 32.2. The van der Waals surface area contributed by atoms with Gasteiger partial charge >= 0.3 is 12.1 Å². The van der Waals surface area contributed by atoms with Crippen molar-refractivity contribution in [2.75, 3.05) is 5.75 Å². The van der Waals surface area contributed by atoms with E-state index in [1.807, 2.05) is 6.92 Å². The lowest BCUT2D eigenvalue weighted by Crippen LogP contribution is -2.15. The van der Waals surface area contributed by atoms with E-state index in [-0.39, 0.29) is 11.3 Å². The number of halogens is 3. The number of alkyl halides is 3. The third-order valence-electron chi connectivity index (χ3n) is 4.71. The van der Waals surface area contributed by atoms with Crippen LogP contribution in [0.4, 0.5) is 13.2 Å². The molecule has 162 valence electrons. The summed E-state index contributed by atoms with van der Waals surface area (Å²) in [6.45, 7) is 2.05. The average Bonchev–Trinajstić information content (AvgIpc) is 2.92. The van der Waals surface area contributed by atoms with Gasteiger partial charge in [-0.3, -0.25) is 4.79 Å². The molecule has 0 unspecified atom stereocenters. The Kier molecular flexibility index (Phi) is 11.2. The first-order valence-electron chi connectivity index (χ1n) is 9.86. The van der Waals surface area contributed by atoms with Crippen molar-refractivity contribution in [3.63, 3.8) is 0 Å². The van der Waals surface area contributed by atoms with E-state index in [0.717, 1.165) is 31.0 Å². The van der Waals surface area contributed by atoms with Crippen LogP contribution < -0.4 is 0 Å². The molecule has 3 N–H and O–H groups in total. The largest absolute Gasteiger partial charge is 0.481 e. The van der Waals surface area contributed by atoms with Crippen molar-refractivity contribution < 1.29 is 33.3 Å². The van der Waals surface area contributed by atoms with E-state index in [0.29, 0.717) is 31.4 Å². The van der Waals surface area contributed by atoms with Gasteiger partial charge in [-0.15, -0.1) is 11.8 Å². The smallest absolute Gasteiger partial charge is 0.413 e. The van der Waals surface area contributed by atoms with E-state index in [1.165, 1.54) is 12.2 Å². The quantitative estimate of drug-likeness (QED) is 0.285. The molecule has 0 saturated carbocycles. The Morgan fingerprint density at radius 1 is 1.25 bits per heavy atom. The van der Waals surface area contributed by atoms with Crippen molar-refractivity contribution in [1.29, 1.82) is 0 Å². The third-order valence-corrected chi connectivity index (χ3v) is 6.03. The van der Waals surface area contributed by atoms with Gasteiger partial charge in [0.1, 0.15) is 0 Å². The van der Waals surface area contributed by atoms with Crippen molar-refractivity contribution in [2.45, 2.75) is 83.1 Å². The highest BCUT2D eigenvalue weighted by molar-refractivity contribution is 8.03. The summed E-state index contributed by atoms with van der Waals surface area (Å²) >= 11 is 1.08. The van der Waals surface area contributed by atoms with Gasteiger partial charge < -0.3 is 15.3 Å². The summed E-state index contributed by atoms with van der Waals surface area (Å²) < 4.78 is 40.1. The van der Waals surface area contributed by atoms with Crippen LogP contribution in [0.3, 0.4) is 0 Å². The molecular weight excluding hydrogens is 393 g/mol. The van der Waals surface area contributed by atoms with Crippen LogP contribution in [-0.4, -0.2) is 45.4 Å². The fourth-order valence-corrected chi connectivity index (χ4v) is 4.52. The maximum atomic E-state index is 13.4.